The van der Waals surface area contributed by atoms with Crippen LogP contribution in [0.1, 0.15) is 15.9 Å². The first-order valence-electron chi connectivity index (χ1n) is 5.69. The van der Waals surface area contributed by atoms with Crippen LogP contribution in [-0.2, 0) is 6.54 Å². The molecule has 2 rings (SSSR count). The molecule has 0 aliphatic carbocycles. The van der Waals surface area contributed by atoms with Gasteiger partial charge in [-0.25, -0.2) is 4.39 Å². The van der Waals surface area contributed by atoms with E-state index in [1.54, 1.807) is 0 Å². The fourth-order valence-corrected chi connectivity index (χ4v) is 2.43. The van der Waals surface area contributed by atoms with Crippen LogP contribution in [0, 0.1) is 15.9 Å². The molecule has 0 fully saturated rings. The van der Waals surface area contributed by atoms with Crippen molar-refractivity contribution >= 4 is 22.9 Å². The van der Waals surface area contributed by atoms with Gasteiger partial charge in [0.05, 0.1) is 4.92 Å². The molecule has 7 heteroatoms. The third kappa shape index (κ3) is 3.00. The van der Waals surface area contributed by atoms with E-state index in [9.17, 15) is 19.3 Å². The maximum Gasteiger partial charge on any atom is 0.282 e. The number of carbonyl (C=O) groups is 1. The van der Waals surface area contributed by atoms with E-state index >= 15 is 0 Å². The summed E-state index contributed by atoms with van der Waals surface area (Å²) in [4.78, 5) is 23.7. The predicted octanol–water partition coefficient (Wildman–Crippen LogP) is 3.07. The highest BCUT2D eigenvalue weighted by atomic mass is 32.1. The van der Waals surface area contributed by atoms with Gasteiger partial charge in [0.25, 0.3) is 11.6 Å². The standard InChI is InChI=1S/C13H11FN2O3S/c1-15(7-9-4-5-20-8-9)13(17)11-6-10(14)2-3-12(11)16(18)19/h2-6,8H,7H2,1H3. The van der Waals surface area contributed by atoms with Gasteiger partial charge < -0.3 is 4.90 Å². The molecule has 0 bridgehead atoms. The van der Waals surface area contributed by atoms with Crippen LogP contribution in [0.25, 0.3) is 0 Å². The molecule has 0 unspecified atom stereocenters. The quantitative estimate of drug-likeness (QED) is 0.643. The molecule has 1 amide bonds. The van der Waals surface area contributed by atoms with Crippen molar-refractivity contribution in [2.75, 3.05) is 7.05 Å². The molecule has 1 aromatic heterocycles. The van der Waals surface area contributed by atoms with Gasteiger partial charge >= 0.3 is 0 Å². The van der Waals surface area contributed by atoms with Crippen molar-refractivity contribution in [1.29, 1.82) is 0 Å². The Labute approximate surface area is 118 Å². The normalized spacial score (nSPS) is 10.3. The van der Waals surface area contributed by atoms with Crippen molar-refractivity contribution in [2.45, 2.75) is 6.54 Å². The molecule has 2 aromatic rings. The second-order valence-corrected chi connectivity index (χ2v) is 4.99. The van der Waals surface area contributed by atoms with E-state index in [4.69, 9.17) is 0 Å². The van der Waals surface area contributed by atoms with Crippen molar-refractivity contribution in [3.8, 4) is 0 Å². The van der Waals surface area contributed by atoms with Gasteiger partial charge in [-0.15, -0.1) is 0 Å². The molecule has 0 aliphatic rings. The summed E-state index contributed by atoms with van der Waals surface area (Å²) in [6.45, 7) is 0.315. The first-order valence-corrected chi connectivity index (χ1v) is 6.64. The first kappa shape index (κ1) is 14.1. The molecule has 0 saturated heterocycles. The summed E-state index contributed by atoms with van der Waals surface area (Å²) in [5, 5.41) is 14.6. The monoisotopic (exact) mass is 294 g/mol. The Hall–Kier alpha value is -2.28. The summed E-state index contributed by atoms with van der Waals surface area (Å²) in [5.74, 6) is -1.26. The first-order chi connectivity index (χ1) is 9.49. The zero-order valence-electron chi connectivity index (χ0n) is 10.6. The molecule has 0 aliphatic heterocycles. The van der Waals surface area contributed by atoms with Crippen molar-refractivity contribution in [3.63, 3.8) is 0 Å². The minimum Gasteiger partial charge on any atom is -0.337 e. The number of carbonyl (C=O) groups excluding carboxylic acids is 1. The summed E-state index contributed by atoms with van der Waals surface area (Å²) in [5.41, 5.74) is 0.284. The van der Waals surface area contributed by atoms with Crippen molar-refractivity contribution in [1.82, 2.24) is 4.90 Å². The van der Waals surface area contributed by atoms with Gasteiger partial charge in [-0.1, -0.05) is 0 Å². The second-order valence-electron chi connectivity index (χ2n) is 4.21. The lowest BCUT2D eigenvalue weighted by molar-refractivity contribution is -0.385. The highest BCUT2D eigenvalue weighted by molar-refractivity contribution is 7.07. The zero-order valence-corrected chi connectivity index (χ0v) is 11.4. The Balaban J connectivity index is 2.28. The molecule has 1 aromatic carbocycles. The summed E-state index contributed by atoms with van der Waals surface area (Å²) < 4.78 is 13.2. The number of thiophene rings is 1. The largest absolute Gasteiger partial charge is 0.337 e. The highest BCUT2D eigenvalue weighted by Crippen LogP contribution is 2.21. The summed E-state index contributed by atoms with van der Waals surface area (Å²) in [7, 11) is 1.52. The van der Waals surface area contributed by atoms with Gasteiger partial charge in [-0.3, -0.25) is 14.9 Å². The molecule has 104 valence electrons. The number of hydrogen-bond acceptors (Lipinski definition) is 4. The van der Waals surface area contributed by atoms with Crippen LogP contribution in [0.5, 0.6) is 0 Å². The molecule has 0 radical (unpaired) electrons. The van der Waals surface area contributed by atoms with Crippen LogP contribution in [0.4, 0.5) is 10.1 Å². The van der Waals surface area contributed by atoms with Crippen LogP contribution in [0.2, 0.25) is 0 Å². The van der Waals surface area contributed by atoms with Gasteiger partial charge in [-0.05, 0) is 34.5 Å². The molecular weight excluding hydrogens is 283 g/mol. The topological polar surface area (TPSA) is 63.5 Å². The van der Waals surface area contributed by atoms with Gasteiger partial charge in [0.15, 0.2) is 0 Å². The third-order valence-corrected chi connectivity index (χ3v) is 3.46. The highest BCUT2D eigenvalue weighted by Gasteiger charge is 2.23. The lowest BCUT2D eigenvalue weighted by Gasteiger charge is -2.16. The van der Waals surface area contributed by atoms with Gasteiger partial charge in [0, 0.05) is 19.7 Å². The molecule has 5 nitrogen and oxygen atoms in total. The van der Waals surface area contributed by atoms with Crippen molar-refractivity contribution in [2.24, 2.45) is 0 Å². The predicted molar refractivity (Wildman–Crippen MR) is 73.2 cm³/mol. The lowest BCUT2D eigenvalue weighted by Crippen LogP contribution is -2.26. The van der Waals surface area contributed by atoms with Crippen molar-refractivity contribution < 1.29 is 14.1 Å². The summed E-state index contributed by atoms with van der Waals surface area (Å²) >= 11 is 1.49. The fourth-order valence-electron chi connectivity index (χ4n) is 1.77. The number of nitro groups is 1. The van der Waals surface area contributed by atoms with Crippen LogP contribution < -0.4 is 0 Å². The van der Waals surface area contributed by atoms with E-state index in [0.717, 1.165) is 23.8 Å². The van der Waals surface area contributed by atoms with Crippen LogP contribution in [-0.4, -0.2) is 22.8 Å². The fraction of sp³-hybridized carbons (Fsp3) is 0.154. The lowest BCUT2D eigenvalue weighted by atomic mass is 10.1. The van der Waals surface area contributed by atoms with Gasteiger partial charge in [0.2, 0.25) is 0 Å². The van der Waals surface area contributed by atoms with E-state index in [1.165, 1.54) is 23.3 Å². The Morgan fingerprint density at radius 1 is 1.45 bits per heavy atom. The van der Waals surface area contributed by atoms with Gasteiger partial charge in [-0.2, -0.15) is 11.3 Å². The number of benzene rings is 1. The Bertz CT molecular complexity index is 643. The van der Waals surface area contributed by atoms with Gasteiger partial charge in [0.1, 0.15) is 11.4 Å². The average molecular weight is 294 g/mol. The molecule has 0 saturated carbocycles. The minimum absolute atomic E-state index is 0.243. The van der Waals surface area contributed by atoms with E-state index < -0.39 is 22.3 Å². The van der Waals surface area contributed by atoms with E-state index in [1.807, 2.05) is 16.8 Å². The number of hydrogen-bond donors (Lipinski definition) is 0. The number of halogens is 1. The van der Waals surface area contributed by atoms with Crippen LogP contribution >= 0.6 is 11.3 Å². The summed E-state index contributed by atoms with van der Waals surface area (Å²) in [6, 6.07) is 4.72. The van der Waals surface area contributed by atoms with E-state index in [0.29, 0.717) is 6.54 Å². The van der Waals surface area contributed by atoms with E-state index in [2.05, 4.69) is 0 Å². The number of rotatable bonds is 4. The van der Waals surface area contributed by atoms with E-state index in [-0.39, 0.29) is 5.56 Å². The van der Waals surface area contributed by atoms with Crippen LogP contribution in [0.3, 0.4) is 0 Å². The average Bonchev–Trinajstić information content (AvgIpc) is 2.90. The molecule has 0 spiro atoms. The minimum atomic E-state index is -0.689. The maximum atomic E-state index is 13.2. The molecule has 0 N–H and O–H groups in total. The number of nitrogens with zero attached hydrogens (tertiary/aromatic N) is 2. The second kappa shape index (κ2) is 5.79. The Morgan fingerprint density at radius 2 is 2.20 bits per heavy atom. The van der Waals surface area contributed by atoms with Crippen molar-refractivity contribution in [3.05, 3.63) is 62.1 Å². The Kier molecular flexibility index (Phi) is 4.09. The molecule has 0 atom stereocenters. The molecular formula is C13H11FN2O3S. The number of amides is 1. The third-order valence-electron chi connectivity index (χ3n) is 2.73. The molecule has 1 heterocycles. The zero-order chi connectivity index (χ0) is 14.7. The SMILES string of the molecule is CN(Cc1ccsc1)C(=O)c1cc(F)ccc1[N+](=O)[O-]. The maximum absolute atomic E-state index is 13.2. The van der Waals surface area contributed by atoms with Crippen LogP contribution in [0.15, 0.2) is 35.0 Å². The molecule has 20 heavy (non-hydrogen) atoms. The summed E-state index contributed by atoms with van der Waals surface area (Å²) in [6.07, 6.45) is 0. The Morgan fingerprint density at radius 3 is 2.80 bits per heavy atom. The smallest absolute Gasteiger partial charge is 0.282 e. The number of nitro benzene ring substituents is 1.